The van der Waals surface area contributed by atoms with Gasteiger partial charge in [0.15, 0.2) is 0 Å². The van der Waals surface area contributed by atoms with Gasteiger partial charge in [-0.25, -0.2) is 0 Å². The first kappa shape index (κ1) is 9.75. The van der Waals surface area contributed by atoms with Gasteiger partial charge in [0.2, 0.25) is 0 Å². The minimum Gasteiger partial charge on any atom is -0.310 e. The minimum atomic E-state index is 0.629. The van der Waals surface area contributed by atoms with E-state index in [1.54, 1.807) is 11.3 Å². The van der Waals surface area contributed by atoms with Crippen molar-refractivity contribution in [2.75, 3.05) is 0 Å². The van der Waals surface area contributed by atoms with E-state index in [-0.39, 0.29) is 0 Å². The normalized spacial score (nSPS) is 13.2. The molecule has 1 heterocycles. The zero-order valence-electron chi connectivity index (χ0n) is 8.05. The van der Waals surface area contributed by atoms with Gasteiger partial charge in [0.1, 0.15) is 0 Å². The number of aryl methyl sites for hydroxylation is 1. The van der Waals surface area contributed by atoms with Crippen LogP contribution in [-0.2, 0) is 6.54 Å². The lowest BCUT2D eigenvalue weighted by molar-refractivity contribution is 0.534. The smallest absolute Gasteiger partial charge is 0.0218 e. The van der Waals surface area contributed by atoms with Crippen molar-refractivity contribution in [1.82, 2.24) is 5.32 Å². The molecule has 0 bridgehead atoms. The van der Waals surface area contributed by atoms with Gasteiger partial charge in [0.05, 0.1) is 0 Å². The van der Waals surface area contributed by atoms with E-state index in [4.69, 9.17) is 0 Å². The largest absolute Gasteiger partial charge is 0.310 e. The predicted octanol–water partition coefficient (Wildman–Crippen LogP) is 2.94. The van der Waals surface area contributed by atoms with Gasteiger partial charge < -0.3 is 5.32 Å². The van der Waals surface area contributed by atoms with Crippen molar-refractivity contribution in [2.24, 2.45) is 0 Å². The van der Waals surface area contributed by atoms with E-state index < -0.39 is 0 Å². The van der Waals surface area contributed by atoms with Crippen LogP contribution in [0.25, 0.3) is 0 Å². The molecule has 0 saturated heterocycles. The SMILES string of the molecule is CCC(C)NCc1cscc1C. The average Bonchev–Trinajstić information content (AvgIpc) is 2.47. The predicted molar refractivity (Wildman–Crippen MR) is 55.6 cm³/mol. The first-order chi connectivity index (χ1) is 5.74. The molecule has 0 saturated carbocycles. The number of rotatable bonds is 4. The lowest BCUT2D eigenvalue weighted by Crippen LogP contribution is -2.24. The molecule has 0 fully saturated rings. The van der Waals surface area contributed by atoms with E-state index in [1.807, 2.05) is 0 Å². The van der Waals surface area contributed by atoms with Gasteiger partial charge >= 0.3 is 0 Å². The van der Waals surface area contributed by atoms with Crippen LogP contribution in [0.5, 0.6) is 0 Å². The Bertz CT molecular complexity index is 229. The van der Waals surface area contributed by atoms with Gasteiger partial charge in [-0.15, -0.1) is 0 Å². The summed E-state index contributed by atoms with van der Waals surface area (Å²) < 4.78 is 0. The molecule has 1 aromatic heterocycles. The maximum Gasteiger partial charge on any atom is 0.0218 e. The Kier molecular flexibility index (Phi) is 3.76. The van der Waals surface area contributed by atoms with Gasteiger partial charge in [0, 0.05) is 12.6 Å². The van der Waals surface area contributed by atoms with Gasteiger partial charge in [-0.3, -0.25) is 0 Å². The van der Waals surface area contributed by atoms with Crippen LogP contribution in [0.4, 0.5) is 0 Å². The first-order valence-electron chi connectivity index (χ1n) is 4.49. The van der Waals surface area contributed by atoms with Gasteiger partial charge in [-0.1, -0.05) is 6.92 Å². The molecule has 1 unspecified atom stereocenters. The molecular weight excluding hydrogens is 166 g/mol. The lowest BCUT2D eigenvalue weighted by atomic mass is 10.2. The number of nitrogens with one attached hydrogen (secondary N) is 1. The maximum absolute atomic E-state index is 3.48. The third-order valence-electron chi connectivity index (χ3n) is 2.21. The molecule has 1 aromatic rings. The molecule has 1 N–H and O–H groups in total. The fourth-order valence-electron chi connectivity index (χ4n) is 0.996. The highest BCUT2D eigenvalue weighted by Gasteiger charge is 2.00. The van der Waals surface area contributed by atoms with Crippen molar-refractivity contribution in [3.63, 3.8) is 0 Å². The molecule has 2 heteroatoms. The van der Waals surface area contributed by atoms with Gasteiger partial charge in [0.25, 0.3) is 0 Å². The molecule has 0 aromatic carbocycles. The third-order valence-corrected chi connectivity index (χ3v) is 3.13. The zero-order valence-corrected chi connectivity index (χ0v) is 8.87. The second-order valence-electron chi connectivity index (χ2n) is 3.27. The van der Waals surface area contributed by atoms with E-state index in [2.05, 4.69) is 36.8 Å². The molecule has 1 atom stereocenters. The van der Waals surface area contributed by atoms with Gasteiger partial charge in [-0.05, 0) is 42.2 Å². The number of thiophene rings is 1. The maximum atomic E-state index is 3.48. The molecule has 12 heavy (non-hydrogen) atoms. The second-order valence-corrected chi connectivity index (χ2v) is 4.01. The Balaban J connectivity index is 2.38. The van der Waals surface area contributed by atoms with Crippen LogP contribution in [0.3, 0.4) is 0 Å². The summed E-state index contributed by atoms with van der Waals surface area (Å²) >= 11 is 1.79. The van der Waals surface area contributed by atoms with Gasteiger partial charge in [-0.2, -0.15) is 11.3 Å². The standard InChI is InChI=1S/C10H17NS/c1-4-9(3)11-5-10-7-12-6-8(10)2/h6-7,9,11H,4-5H2,1-3H3. The van der Waals surface area contributed by atoms with E-state index >= 15 is 0 Å². The van der Waals surface area contributed by atoms with Crippen LogP contribution in [-0.4, -0.2) is 6.04 Å². The van der Waals surface area contributed by atoms with Crippen LogP contribution in [0.2, 0.25) is 0 Å². The molecule has 0 aliphatic heterocycles. The summed E-state index contributed by atoms with van der Waals surface area (Å²) in [4.78, 5) is 0. The number of hydrogen-bond donors (Lipinski definition) is 1. The highest BCUT2D eigenvalue weighted by atomic mass is 32.1. The second kappa shape index (κ2) is 4.63. The summed E-state index contributed by atoms with van der Waals surface area (Å²) in [7, 11) is 0. The molecule has 0 spiro atoms. The van der Waals surface area contributed by atoms with Crippen LogP contribution in [0, 0.1) is 6.92 Å². The van der Waals surface area contributed by atoms with E-state index in [0.29, 0.717) is 6.04 Å². The van der Waals surface area contributed by atoms with Crippen molar-refractivity contribution in [3.05, 3.63) is 21.9 Å². The third kappa shape index (κ3) is 2.61. The molecule has 0 aliphatic rings. The van der Waals surface area contributed by atoms with Crippen molar-refractivity contribution >= 4 is 11.3 Å². The van der Waals surface area contributed by atoms with Crippen LogP contribution < -0.4 is 5.32 Å². The Labute approximate surface area is 78.8 Å². The molecule has 0 aliphatic carbocycles. The Hall–Kier alpha value is -0.340. The summed E-state index contributed by atoms with van der Waals surface area (Å²) in [5, 5.41) is 7.91. The topological polar surface area (TPSA) is 12.0 Å². The molecule has 0 amide bonds. The fraction of sp³-hybridized carbons (Fsp3) is 0.600. The molecule has 68 valence electrons. The first-order valence-corrected chi connectivity index (χ1v) is 5.43. The molecule has 1 nitrogen and oxygen atoms in total. The summed E-state index contributed by atoms with van der Waals surface area (Å²) in [5.41, 5.74) is 2.86. The van der Waals surface area contributed by atoms with Crippen LogP contribution in [0.1, 0.15) is 31.4 Å². The average molecular weight is 183 g/mol. The van der Waals surface area contributed by atoms with E-state index in [1.165, 1.54) is 17.5 Å². The molecule has 1 rings (SSSR count). The van der Waals surface area contributed by atoms with E-state index in [0.717, 1.165) is 6.54 Å². The summed E-state index contributed by atoms with van der Waals surface area (Å²) in [5.74, 6) is 0. The zero-order chi connectivity index (χ0) is 8.97. The fourth-order valence-corrected chi connectivity index (χ4v) is 1.85. The Morgan fingerprint density at radius 3 is 2.75 bits per heavy atom. The Morgan fingerprint density at radius 2 is 2.25 bits per heavy atom. The van der Waals surface area contributed by atoms with Crippen LogP contribution >= 0.6 is 11.3 Å². The van der Waals surface area contributed by atoms with Crippen LogP contribution in [0.15, 0.2) is 10.8 Å². The lowest BCUT2D eigenvalue weighted by Gasteiger charge is -2.10. The van der Waals surface area contributed by atoms with E-state index in [9.17, 15) is 0 Å². The Morgan fingerprint density at radius 1 is 1.50 bits per heavy atom. The highest BCUT2D eigenvalue weighted by molar-refractivity contribution is 7.08. The molecule has 0 radical (unpaired) electrons. The minimum absolute atomic E-state index is 0.629. The quantitative estimate of drug-likeness (QED) is 0.756. The summed E-state index contributed by atoms with van der Waals surface area (Å²) in [6.07, 6.45) is 1.20. The summed E-state index contributed by atoms with van der Waals surface area (Å²) in [6.45, 7) is 7.62. The highest BCUT2D eigenvalue weighted by Crippen LogP contribution is 2.13. The van der Waals surface area contributed by atoms with Crippen molar-refractivity contribution in [3.8, 4) is 0 Å². The van der Waals surface area contributed by atoms with Crippen molar-refractivity contribution in [1.29, 1.82) is 0 Å². The monoisotopic (exact) mass is 183 g/mol. The summed E-state index contributed by atoms with van der Waals surface area (Å²) in [6, 6.07) is 0.629. The van der Waals surface area contributed by atoms with Crippen molar-refractivity contribution in [2.45, 2.75) is 39.8 Å². The van der Waals surface area contributed by atoms with Crippen molar-refractivity contribution < 1.29 is 0 Å². The molecular formula is C10H17NS. The number of hydrogen-bond acceptors (Lipinski definition) is 2.